The van der Waals surface area contributed by atoms with Gasteiger partial charge in [0, 0.05) is 35.5 Å². The molecule has 2 aromatic rings. The molecular formula is C17H18ClN3O2S. The molecule has 1 unspecified atom stereocenters. The summed E-state index contributed by atoms with van der Waals surface area (Å²) in [6.07, 6.45) is 0.866. The molecule has 0 bridgehead atoms. The zero-order valence-corrected chi connectivity index (χ0v) is 14.7. The van der Waals surface area contributed by atoms with Crippen LogP contribution in [0.4, 0.5) is 5.13 Å². The number of benzene rings is 1. The van der Waals surface area contributed by atoms with Crippen LogP contribution in [0, 0.1) is 0 Å². The van der Waals surface area contributed by atoms with Crippen LogP contribution < -0.4 is 10.2 Å². The SMILES string of the molecule is O=C1NCCC(c2ccc(Cl)cc2)c2sc(N3CCOCC3)nc21. The summed E-state index contributed by atoms with van der Waals surface area (Å²) in [4.78, 5) is 20.3. The average molecular weight is 364 g/mol. The largest absolute Gasteiger partial charge is 0.378 e. The molecule has 1 saturated heterocycles. The Morgan fingerprint density at radius 1 is 1.25 bits per heavy atom. The van der Waals surface area contributed by atoms with Crippen LogP contribution in [0.3, 0.4) is 0 Å². The van der Waals surface area contributed by atoms with E-state index in [0.29, 0.717) is 25.5 Å². The van der Waals surface area contributed by atoms with E-state index in [1.165, 1.54) is 5.56 Å². The molecule has 4 rings (SSSR count). The number of anilines is 1. The Balaban J connectivity index is 1.73. The standard InChI is InChI=1S/C17H18ClN3O2S/c18-12-3-1-11(2-4-12)13-5-6-19-16(22)14-15(13)24-17(20-14)21-7-9-23-10-8-21/h1-4,13H,5-10H2,(H,19,22). The second-order valence-electron chi connectivity index (χ2n) is 5.96. The van der Waals surface area contributed by atoms with Crippen molar-refractivity contribution in [2.45, 2.75) is 12.3 Å². The van der Waals surface area contributed by atoms with E-state index >= 15 is 0 Å². The minimum absolute atomic E-state index is 0.0720. The number of carbonyl (C=O) groups is 1. The molecule has 1 fully saturated rings. The third-order valence-electron chi connectivity index (χ3n) is 4.45. The zero-order chi connectivity index (χ0) is 16.5. The number of hydrogen-bond acceptors (Lipinski definition) is 5. The highest BCUT2D eigenvalue weighted by Gasteiger charge is 2.30. The summed E-state index contributed by atoms with van der Waals surface area (Å²) in [7, 11) is 0. The van der Waals surface area contributed by atoms with Crippen molar-refractivity contribution in [1.29, 1.82) is 0 Å². The quantitative estimate of drug-likeness (QED) is 0.891. The molecule has 3 heterocycles. The third kappa shape index (κ3) is 3.01. The lowest BCUT2D eigenvalue weighted by Crippen LogP contribution is -2.36. The number of thiazole rings is 1. The number of nitrogens with one attached hydrogen (secondary N) is 1. The van der Waals surface area contributed by atoms with Gasteiger partial charge in [0.15, 0.2) is 5.13 Å². The molecule has 5 nitrogen and oxygen atoms in total. The van der Waals surface area contributed by atoms with Crippen molar-refractivity contribution in [2.24, 2.45) is 0 Å². The summed E-state index contributed by atoms with van der Waals surface area (Å²) in [5.74, 6) is 0.0979. The smallest absolute Gasteiger partial charge is 0.271 e. The molecule has 2 aliphatic heterocycles. The molecule has 1 aromatic heterocycles. The van der Waals surface area contributed by atoms with Gasteiger partial charge in [0.25, 0.3) is 5.91 Å². The van der Waals surface area contributed by atoms with Gasteiger partial charge in [-0.1, -0.05) is 23.7 Å². The summed E-state index contributed by atoms with van der Waals surface area (Å²) in [5, 5.41) is 4.60. The van der Waals surface area contributed by atoms with E-state index in [0.717, 1.165) is 34.5 Å². The predicted octanol–water partition coefficient (Wildman–Crippen LogP) is 2.90. The average Bonchev–Trinajstić information content (AvgIpc) is 2.99. The fourth-order valence-corrected chi connectivity index (χ4v) is 4.57. The van der Waals surface area contributed by atoms with E-state index in [2.05, 4.69) is 15.2 Å². The van der Waals surface area contributed by atoms with Crippen molar-refractivity contribution in [3.05, 3.63) is 45.4 Å². The van der Waals surface area contributed by atoms with E-state index in [4.69, 9.17) is 16.3 Å². The second kappa shape index (κ2) is 6.70. The van der Waals surface area contributed by atoms with Crippen LogP contribution >= 0.6 is 22.9 Å². The van der Waals surface area contributed by atoms with Crippen LogP contribution in [-0.4, -0.2) is 43.7 Å². The molecule has 0 aliphatic carbocycles. The van der Waals surface area contributed by atoms with Crippen molar-refractivity contribution in [1.82, 2.24) is 10.3 Å². The fraction of sp³-hybridized carbons (Fsp3) is 0.412. The number of fused-ring (bicyclic) bond motifs is 1. The molecule has 1 N–H and O–H groups in total. The van der Waals surface area contributed by atoms with Gasteiger partial charge in [0.1, 0.15) is 5.69 Å². The summed E-state index contributed by atoms with van der Waals surface area (Å²) < 4.78 is 5.41. The molecular weight excluding hydrogens is 346 g/mol. The topological polar surface area (TPSA) is 54.5 Å². The van der Waals surface area contributed by atoms with Gasteiger partial charge in [-0.2, -0.15) is 0 Å². The maximum absolute atomic E-state index is 12.4. The van der Waals surface area contributed by atoms with E-state index in [9.17, 15) is 4.79 Å². The number of halogens is 1. The van der Waals surface area contributed by atoms with Gasteiger partial charge in [-0.15, -0.1) is 11.3 Å². The second-order valence-corrected chi connectivity index (χ2v) is 7.40. The highest BCUT2D eigenvalue weighted by Crippen LogP contribution is 2.39. The van der Waals surface area contributed by atoms with Crippen LogP contribution in [0.1, 0.15) is 33.3 Å². The van der Waals surface area contributed by atoms with Gasteiger partial charge in [-0.3, -0.25) is 4.79 Å². The molecule has 1 amide bonds. The highest BCUT2D eigenvalue weighted by molar-refractivity contribution is 7.16. The van der Waals surface area contributed by atoms with Crippen LogP contribution in [0.2, 0.25) is 5.02 Å². The minimum atomic E-state index is -0.0720. The lowest BCUT2D eigenvalue weighted by Gasteiger charge is -2.26. The number of ether oxygens (including phenoxy) is 1. The maximum Gasteiger partial charge on any atom is 0.271 e. The van der Waals surface area contributed by atoms with Gasteiger partial charge in [0.2, 0.25) is 0 Å². The van der Waals surface area contributed by atoms with Gasteiger partial charge >= 0.3 is 0 Å². The number of amides is 1. The third-order valence-corrected chi connectivity index (χ3v) is 5.93. The predicted molar refractivity (Wildman–Crippen MR) is 95.4 cm³/mol. The van der Waals surface area contributed by atoms with Crippen LogP contribution in [0.15, 0.2) is 24.3 Å². The maximum atomic E-state index is 12.4. The van der Waals surface area contributed by atoms with Crippen LogP contribution in [0.25, 0.3) is 0 Å². The van der Waals surface area contributed by atoms with Crippen molar-refractivity contribution in [3.8, 4) is 0 Å². The summed E-state index contributed by atoms with van der Waals surface area (Å²) >= 11 is 7.65. The molecule has 7 heteroatoms. The van der Waals surface area contributed by atoms with Gasteiger partial charge in [-0.25, -0.2) is 4.98 Å². The summed E-state index contributed by atoms with van der Waals surface area (Å²) in [5.41, 5.74) is 1.74. The minimum Gasteiger partial charge on any atom is -0.378 e. The Kier molecular flexibility index (Phi) is 4.43. The lowest BCUT2D eigenvalue weighted by molar-refractivity contribution is 0.0951. The first-order valence-electron chi connectivity index (χ1n) is 8.09. The normalized spacial score (nSPS) is 21.1. The van der Waals surface area contributed by atoms with Gasteiger partial charge in [-0.05, 0) is 24.1 Å². The van der Waals surface area contributed by atoms with Gasteiger partial charge in [0.05, 0.1) is 13.2 Å². The molecule has 0 radical (unpaired) electrons. The fourth-order valence-electron chi connectivity index (χ4n) is 3.17. The van der Waals surface area contributed by atoms with E-state index in [1.54, 1.807) is 11.3 Å². The summed E-state index contributed by atoms with van der Waals surface area (Å²) in [6, 6.07) is 7.89. The molecule has 2 aliphatic rings. The molecule has 1 aromatic carbocycles. The van der Waals surface area contributed by atoms with Crippen LogP contribution in [-0.2, 0) is 4.74 Å². The highest BCUT2D eigenvalue weighted by atomic mass is 35.5. The Morgan fingerprint density at radius 3 is 2.75 bits per heavy atom. The molecule has 126 valence electrons. The van der Waals surface area contributed by atoms with Gasteiger partial charge < -0.3 is 15.0 Å². The molecule has 0 spiro atoms. The molecule has 1 atom stereocenters. The number of morpholine rings is 1. The van der Waals surface area contributed by atoms with E-state index < -0.39 is 0 Å². The molecule has 24 heavy (non-hydrogen) atoms. The Bertz CT molecular complexity index is 741. The van der Waals surface area contributed by atoms with Crippen molar-refractivity contribution in [2.75, 3.05) is 37.7 Å². The monoisotopic (exact) mass is 363 g/mol. The number of nitrogens with zero attached hydrogens (tertiary/aromatic N) is 2. The first-order valence-corrected chi connectivity index (χ1v) is 9.29. The van der Waals surface area contributed by atoms with Crippen molar-refractivity contribution >= 4 is 34.0 Å². The number of carbonyl (C=O) groups excluding carboxylic acids is 1. The summed E-state index contributed by atoms with van der Waals surface area (Å²) in [6.45, 7) is 3.70. The molecule has 0 saturated carbocycles. The first kappa shape index (κ1) is 15.9. The lowest BCUT2D eigenvalue weighted by atomic mass is 9.94. The van der Waals surface area contributed by atoms with E-state index in [-0.39, 0.29) is 11.8 Å². The Morgan fingerprint density at radius 2 is 2.00 bits per heavy atom. The zero-order valence-electron chi connectivity index (χ0n) is 13.1. The Labute approximate surface area is 149 Å². The Hall–Kier alpha value is -1.63. The van der Waals surface area contributed by atoms with Crippen molar-refractivity contribution in [3.63, 3.8) is 0 Å². The van der Waals surface area contributed by atoms with Crippen LogP contribution in [0.5, 0.6) is 0 Å². The van der Waals surface area contributed by atoms with E-state index in [1.807, 2.05) is 24.3 Å². The number of hydrogen-bond donors (Lipinski definition) is 1. The number of aromatic nitrogens is 1. The first-order chi connectivity index (χ1) is 11.7. The van der Waals surface area contributed by atoms with Crippen molar-refractivity contribution < 1.29 is 9.53 Å². The number of rotatable bonds is 2.